The van der Waals surface area contributed by atoms with E-state index in [4.69, 9.17) is 16.3 Å². The van der Waals surface area contributed by atoms with Crippen molar-refractivity contribution in [2.45, 2.75) is 13.0 Å². The molecule has 1 heterocycles. The molecule has 33 heavy (non-hydrogen) atoms. The summed E-state index contributed by atoms with van der Waals surface area (Å²) in [5, 5.41) is 6.14. The van der Waals surface area contributed by atoms with E-state index in [2.05, 4.69) is 62.4 Å². The van der Waals surface area contributed by atoms with E-state index >= 15 is 0 Å². The first-order chi connectivity index (χ1) is 15.9. The molecule has 0 radical (unpaired) electrons. The normalized spacial score (nSPS) is 31.3. The molecule has 1 saturated heterocycles. The Morgan fingerprint density at radius 2 is 1.64 bits per heavy atom. The van der Waals surface area contributed by atoms with E-state index in [1.807, 2.05) is 36.4 Å². The summed E-state index contributed by atoms with van der Waals surface area (Å²) in [5.74, 6) is 1.62. The van der Waals surface area contributed by atoms with Crippen LogP contribution in [-0.4, -0.2) is 23.0 Å². The zero-order valence-electron chi connectivity index (χ0n) is 17.3. The molecule has 3 fully saturated rings. The minimum Gasteiger partial charge on any atom is -0.487 e. The zero-order chi connectivity index (χ0) is 22.9. The summed E-state index contributed by atoms with van der Waals surface area (Å²) in [6.07, 6.45) is 7.10. The molecule has 168 valence electrons. The average Bonchev–Trinajstić information content (AvgIpc) is 3.57. The Balaban J connectivity index is 1.19. The number of benzene rings is 2. The second-order valence-electron chi connectivity index (χ2n) is 9.08. The van der Waals surface area contributed by atoms with Crippen molar-refractivity contribution in [3.8, 4) is 5.75 Å². The van der Waals surface area contributed by atoms with Crippen LogP contribution in [0.4, 0.5) is 0 Å². The molecule has 2 aromatic carbocycles. The molecular weight excluding hydrogens is 666 g/mol. The Bertz CT molecular complexity index is 1190. The van der Waals surface area contributed by atoms with Crippen LogP contribution in [0.5, 0.6) is 5.75 Å². The van der Waals surface area contributed by atoms with Crippen LogP contribution in [0.2, 0.25) is 5.02 Å². The third-order valence-corrected chi connectivity index (χ3v) is 9.28. The smallest absolute Gasteiger partial charge is 0.254 e. The second-order valence-corrected chi connectivity index (χ2v) is 11.8. The molecule has 1 aliphatic heterocycles. The van der Waals surface area contributed by atoms with Crippen molar-refractivity contribution in [1.29, 1.82) is 0 Å². The largest absolute Gasteiger partial charge is 0.487 e. The Labute approximate surface area is 223 Å². The molecule has 2 amide bonds. The SMILES string of the molecule is O=C1[C@@H]2[C@H]3C=C[C@@H]([C@@H]4C[C@@H]34)[C@H]2C(=O)N1N=Cc1cc(I)c(OCc2ccccc2Cl)c(I)c1. The highest BCUT2D eigenvalue weighted by Gasteiger charge is 2.67. The Morgan fingerprint density at radius 1 is 1.03 bits per heavy atom. The van der Waals surface area contributed by atoms with E-state index < -0.39 is 0 Å². The number of hydrogen-bond acceptors (Lipinski definition) is 4. The van der Waals surface area contributed by atoms with Crippen LogP contribution in [0.15, 0.2) is 53.7 Å². The van der Waals surface area contributed by atoms with Crippen molar-refractivity contribution in [2.24, 2.45) is 40.6 Å². The maximum Gasteiger partial charge on any atom is 0.254 e. The Morgan fingerprint density at radius 3 is 2.24 bits per heavy atom. The number of imide groups is 1. The third-order valence-electron chi connectivity index (χ3n) is 7.31. The summed E-state index contributed by atoms with van der Waals surface area (Å²) in [6, 6.07) is 11.5. The van der Waals surface area contributed by atoms with Gasteiger partial charge in [-0.15, -0.1) is 0 Å². The fourth-order valence-corrected chi connectivity index (χ4v) is 8.05. The van der Waals surface area contributed by atoms with Gasteiger partial charge < -0.3 is 4.74 Å². The summed E-state index contributed by atoms with van der Waals surface area (Å²) in [4.78, 5) is 26.2. The molecular formula is C25H19ClI2N2O3. The first-order valence-electron chi connectivity index (χ1n) is 10.9. The van der Waals surface area contributed by atoms with Crippen LogP contribution in [0, 0.1) is 42.6 Å². The van der Waals surface area contributed by atoms with E-state index in [1.54, 1.807) is 6.21 Å². The van der Waals surface area contributed by atoms with Gasteiger partial charge in [0.2, 0.25) is 0 Å². The highest BCUT2D eigenvalue weighted by atomic mass is 127. The van der Waals surface area contributed by atoms with Crippen LogP contribution in [-0.2, 0) is 16.2 Å². The summed E-state index contributed by atoms with van der Waals surface area (Å²) in [6.45, 7) is 0.372. The van der Waals surface area contributed by atoms with Gasteiger partial charge in [-0.2, -0.15) is 10.1 Å². The molecule has 5 aliphatic rings. The van der Waals surface area contributed by atoms with E-state index in [0.717, 1.165) is 35.4 Å². The first kappa shape index (κ1) is 22.0. The molecule has 4 aliphatic carbocycles. The number of hydrogen-bond donors (Lipinski definition) is 0. The second kappa shape index (κ2) is 8.34. The molecule has 7 rings (SSSR count). The van der Waals surface area contributed by atoms with Crippen molar-refractivity contribution < 1.29 is 14.3 Å². The molecule has 0 N–H and O–H groups in total. The van der Waals surface area contributed by atoms with Gasteiger partial charge in [-0.25, -0.2) is 0 Å². The Hall–Kier alpha value is -1.46. The monoisotopic (exact) mass is 684 g/mol. The van der Waals surface area contributed by atoms with Crippen molar-refractivity contribution in [1.82, 2.24) is 5.01 Å². The number of carbonyl (C=O) groups excluding carboxylic acids is 2. The molecule has 5 nitrogen and oxygen atoms in total. The summed E-state index contributed by atoms with van der Waals surface area (Å²) < 4.78 is 7.88. The number of allylic oxidation sites excluding steroid dienone is 2. The van der Waals surface area contributed by atoms with Crippen LogP contribution in [0.1, 0.15) is 17.5 Å². The standard InChI is InChI=1S/C25H19ClI2N2O3/c26-18-4-2-1-3-13(18)11-33-23-19(27)7-12(8-20(23)28)10-29-30-24(31)21-14-5-6-15(17-9-16(14)17)22(21)25(30)32/h1-8,10,14-17,21-22H,9,11H2/t14-,15-,16-,17-,21+,22+/m0/s1. The molecule has 0 spiro atoms. The predicted molar refractivity (Wildman–Crippen MR) is 142 cm³/mol. The maximum absolute atomic E-state index is 13.1. The Kier molecular flexibility index (Phi) is 5.57. The number of ether oxygens (including phenoxy) is 1. The van der Waals surface area contributed by atoms with Crippen LogP contribution < -0.4 is 4.74 Å². The van der Waals surface area contributed by atoms with Crippen molar-refractivity contribution in [3.63, 3.8) is 0 Å². The number of hydrazone groups is 1. The minimum absolute atomic E-state index is 0.143. The number of amides is 2. The van der Waals surface area contributed by atoms with Gasteiger partial charge in [0.25, 0.3) is 11.8 Å². The highest BCUT2D eigenvalue weighted by molar-refractivity contribution is 14.1. The average molecular weight is 685 g/mol. The van der Waals surface area contributed by atoms with Crippen molar-refractivity contribution in [2.75, 3.05) is 0 Å². The van der Waals surface area contributed by atoms with Crippen molar-refractivity contribution in [3.05, 3.63) is 71.8 Å². The maximum atomic E-state index is 13.1. The third kappa shape index (κ3) is 3.65. The zero-order valence-corrected chi connectivity index (χ0v) is 22.4. The van der Waals surface area contributed by atoms with Gasteiger partial charge in [0, 0.05) is 10.6 Å². The van der Waals surface area contributed by atoms with Crippen LogP contribution >= 0.6 is 56.8 Å². The molecule has 0 aromatic heterocycles. The number of halogens is 3. The predicted octanol–water partition coefficient (Wildman–Crippen LogP) is 5.52. The lowest BCUT2D eigenvalue weighted by atomic mass is 9.63. The molecule has 2 bridgehead atoms. The lowest BCUT2D eigenvalue weighted by molar-refractivity contribution is -0.140. The van der Waals surface area contributed by atoms with Gasteiger partial charge in [0.15, 0.2) is 0 Å². The van der Waals surface area contributed by atoms with E-state index in [0.29, 0.717) is 23.5 Å². The van der Waals surface area contributed by atoms with Crippen LogP contribution in [0.3, 0.4) is 0 Å². The van der Waals surface area contributed by atoms with Gasteiger partial charge >= 0.3 is 0 Å². The van der Waals surface area contributed by atoms with Gasteiger partial charge in [-0.05, 0) is 99.0 Å². The number of rotatable bonds is 5. The number of carbonyl (C=O) groups is 2. The van der Waals surface area contributed by atoms with Gasteiger partial charge in [0.05, 0.1) is 25.2 Å². The fraction of sp³-hybridized carbons (Fsp3) is 0.320. The van der Waals surface area contributed by atoms with Crippen molar-refractivity contribution >= 4 is 74.8 Å². The fourth-order valence-electron chi connectivity index (χ4n) is 5.74. The quantitative estimate of drug-likeness (QED) is 0.181. The van der Waals surface area contributed by atoms with E-state index in [1.165, 1.54) is 0 Å². The lowest BCUT2D eigenvalue weighted by Gasteiger charge is -2.37. The summed E-state index contributed by atoms with van der Waals surface area (Å²) >= 11 is 10.7. The summed E-state index contributed by atoms with van der Waals surface area (Å²) in [5.41, 5.74) is 1.73. The molecule has 2 saturated carbocycles. The molecule has 2 aromatic rings. The van der Waals surface area contributed by atoms with Gasteiger partial charge in [-0.1, -0.05) is 42.0 Å². The van der Waals surface area contributed by atoms with Gasteiger partial charge in [-0.3, -0.25) is 9.59 Å². The van der Waals surface area contributed by atoms with E-state index in [9.17, 15) is 9.59 Å². The van der Waals surface area contributed by atoms with Crippen LogP contribution in [0.25, 0.3) is 0 Å². The minimum atomic E-state index is -0.228. The lowest BCUT2D eigenvalue weighted by Crippen LogP contribution is -2.40. The molecule has 0 unspecified atom stereocenters. The van der Waals surface area contributed by atoms with Gasteiger partial charge in [0.1, 0.15) is 12.4 Å². The first-order valence-corrected chi connectivity index (χ1v) is 13.4. The number of nitrogens with zero attached hydrogens (tertiary/aromatic N) is 2. The highest BCUT2D eigenvalue weighted by Crippen LogP contribution is 2.65. The molecule has 6 atom stereocenters. The van der Waals surface area contributed by atoms with E-state index in [-0.39, 0.29) is 35.5 Å². The summed E-state index contributed by atoms with van der Waals surface area (Å²) in [7, 11) is 0. The molecule has 8 heteroatoms. The topological polar surface area (TPSA) is 59.0 Å².